The summed E-state index contributed by atoms with van der Waals surface area (Å²) >= 11 is 6.32. The molecule has 7 nitrogen and oxygen atoms in total. The maximum atomic E-state index is 13.3. The molecule has 0 radical (unpaired) electrons. The summed E-state index contributed by atoms with van der Waals surface area (Å²) in [6.45, 7) is 7.22. The summed E-state index contributed by atoms with van der Waals surface area (Å²) in [5, 5.41) is 11.6. The molecule has 0 spiro atoms. The monoisotopic (exact) mass is 500 g/mol. The Morgan fingerprint density at radius 3 is 2.17 bits per heavy atom. The lowest BCUT2D eigenvalue weighted by Crippen LogP contribution is -2.35. The molecule has 0 saturated carbocycles. The van der Waals surface area contributed by atoms with E-state index >= 15 is 0 Å². The highest BCUT2D eigenvalue weighted by molar-refractivity contribution is 6.46. The van der Waals surface area contributed by atoms with Crippen LogP contribution in [0.15, 0.2) is 42.0 Å². The van der Waals surface area contributed by atoms with Crippen LogP contribution in [-0.2, 0) is 15.0 Å². The van der Waals surface area contributed by atoms with E-state index in [0.29, 0.717) is 18.8 Å². The number of nitrogens with zero attached hydrogens (tertiary/aromatic N) is 2. The van der Waals surface area contributed by atoms with Gasteiger partial charge in [0.15, 0.2) is 0 Å². The fraction of sp³-hybridized carbons (Fsp3) is 0.407. The maximum absolute atomic E-state index is 13.3. The zero-order chi connectivity index (χ0) is 26.1. The second kappa shape index (κ2) is 10.3. The average molecular weight is 501 g/mol. The van der Waals surface area contributed by atoms with E-state index in [2.05, 4.69) is 20.8 Å². The Kier molecular flexibility index (Phi) is 7.82. The number of benzene rings is 2. The summed E-state index contributed by atoms with van der Waals surface area (Å²) in [6.07, 6.45) is 0. The zero-order valence-electron chi connectivity index (χ0n) is 21.3. The molecule has 1 heterocycles. The van der Waals surface area contributed by atoms with Crippen molar-refractivity contribution < 1.29 is 24.2 Å². The van der Waals surface area contributed by atoms with Gasteiger partial charge in [-0.25, -0.2) is 0 Å². The molecule has 188 valence electrons. The second-order valence-electron chi connectivity index (χ2n) is 9.85. The lowest BCUT2D eigenvalue weighted by molar-refractivity contribution is -0.140. The first-order valence-corrected chi connectivity index (χ1v) is 11.7. The minimum Gasteiger partial charge on any atom is -0.507 e. The third kappa shape index (κ3) is 5.31. The van der Waals surface area contributed by atoms with Crippen molar-refractivity contribution in [2.45, 2.75) is 32.2 Å². The molecule has 1 N–H and O–H groups in total. The molecule has 8 heteroatoms. The Morgan fingerprint density at radius 1 is 1.06 bits per heavy atom. The minimum atomic E-state index is -0.755. The van der Waals surface area contributed by atoms with E-state index in [1.165, 1.54) is 31.3 Å². The molecule has 1 fully saturated rings. The SMILES string of the molecule is COc1cc(OC)c(/C(O)=C2\C(=O)C(=O)N(CCN(C)C)C2c2ccc(C(C)(C)C)cc2)cc1Cl. The van der Waals surface area contributed by atoms with Crippen molar-refractivity contribution in [3.8, 4) is 11.5 Å². The topological polar surface area (TPSA) is 79.3 Å². The van der Waals surface area contributed by atoms with Gasteiger partial charge in [-0.2, -0.15) is 0 Å². The molecule has 2 aromatic carbocycles. The molecular formula is C27H33ClN2O5. The third-order valence-corrected chi connectivity index (χ3v) is 6.44. The van der Waals surface area contributed by atoms with Crippen LogP contribution in [0.2, 0.25) is 5.02 Å². The normalized spacial score (nSPS) is 17.9. The summed E-state index contributed by atoms with van der Waals surface area (Å²) in [4.78, 5) is 29.9. The molecule has 0 aliphatic carbocycles. The van der Waals surface area contributed by atoms with Gasteiger partial charge in [0.05, 0.1) is 36.4 Å². The molecule has 1 aliphatic rings. The fourth-order valence-electron chi connectivity index (χ4n) is 4.12. The van der Waals surface area contributed by atoms with E-state index in [0.717, 1.165) is 11.1 Å². The quantitative estimate of drug-likeness (QED) is 0.339. The molecule has 0 aromatic heterocycles. The van der Waals surface area contributed by atoms with Gasteiger partial charge in [-0.05, 0) is 36.7 Å². The van der Waals surface area contributed by atoms with Crippen LogP contribution in [0.4, 0.5) is 0 Å². The van der Waals surface area contributed by atoms with E-state index in [1.807, 2.05) is 43.3 Å². The minimum absolute atomic E-state index is 0.00296. The summed E-state index contributed by atoms with van der Waals surface area (Å²) in [7, 11) is 6.71. The van der Waals surface area contributed by atoms with E-state index in [-0.39, 0.29) is 33.1 Å². The molecule has 3 rings (SSSR count). The number of likely N-dealkylation sites (tertiary alicyclic amines) is 1. The number of amides is 1. The van der Waals surface area contributed by atoms with Gasteiger partial charge >= 0.3 is 0 Å². The molecule has 0 bridgehead atoms. The first-order valence-electron chi connectivity index (χ1n) is 11.4. The number of rotatable bonds is 7. The van der Waals surface area contributed by atoms with Crippen molar-refractivity contribution >= 4 is 29.1 Å². The number of methoxy groups -OCH3 is 2. The van der Waals surface area contributed by atoms with E-state index in [1.54, 1.807) is 0 Å². The van der Waals surface area contributed by atoms with E-state index < -0.39 is 17.7 Å². The van der Waals surface area contributed by atoms with Gasteiger partial charge in [0.1, 0.15) is 17.3 Å². The van der Waals surface area contributed by atoms with Crippen molar-refractivity contribution in [1.82, 2.24) is 9.80 Å². The molecule has 1 amide bonds. The number of aliphatic hydroxyl groups is 1. The Balaban J connectivity index is 2.22. The summed E-state index contributed by atoms with van der Waals surface area (Å²) in [6, 6.07) is 10.1. The Hall–Kier alpha value is -3.03. The van der Waals surface area contributed by atoms with Crippen LogP contribution < -0.4 is 9.47 Å². The number of halogens is 1. The van der Waals surface area contributed by atoms with Crippen molar-refractivity contribution in [2.75, 3.05) is 41.4 Å². The number of likely N-dealkylation sites (N-methyl/N-ethyl adjacent to an activating group) is 1. The standard InChI is InChI=1S/C27H33ClN2O5/c1-27(2,3)17-10-8-16(9-11-17)23-22(25(32)26(33)30(23)13-12-29(4)5)24(31)18-14-19(28)21(35-7)15-20(18)34-6/h8-11,14-15,23,31H,12-13H2,1-7H3/b24-22+. The number of carbonyl (C=O) groups is 2. The Bertz CT molecular complexity index is 1150. The highest BCUT2D eigenvalue weighted by atomic mass is 35.5. The van der Waals surface area contributed by atoms with Gasteiger partial charge in [0.25, 0.3) is 11.7 Å². The third-order valence-electron chi connectivity index (χ3n) is 6.15. The van der Waals surface area contributed by atoms with E-state index in [9.17, 15) is 14.7 Å². The van der Waals surface area contributed by atoms with Crippen LogP contribution >= 0.6 is 11.6 Å². The highest BCUT2D eigenvalue weighted by Gasteiger charge is 2.46. The molecule has 1 saturated heterocycles. The smallest absolute Gasteiger partial charge is 0.295 e. The van der Waals surface area contributed by atoms with Crippen LogP contribution in [0, 0.1) is 0 Å². The molecule has 35 heavy (non-hydrogen) atoms. The molecule has 2 aromatic rings. The van der Waals surface area contributed by atoms with Crippen molar-refractivity contribution in [1.29, 1.82) is 0 Å². The summed E-state index contributed by atoms with van der Waals surface area (Å²) in [5.41, 5.74) is 2.00. The number of hydrogen-bond donors (Lipinski definition) is 1. The number of Topliss-reactive ketones (excluding diaryl/α,β-unsaturated/α-hetero) is 1. The van der Waals surface area contributed by atoms with Gasteiger partial charge in [-0.1, -0.05) is 56.6 Å². The Labute approximate surface area is 211 Å². The fourth-order valence-corrected chi connectivity index (χ4v) is 4.36. The summed E-state index contributed by atoms with van der Waals surface area (Å²) in [5.74, 6) is -1.12. The predicted octanol–water partition coefficient (Wildman–Crippen LogP) is 4.64. The molecule has 1 atom stereocenters. The maximum Gasteiger partial charge on any atom is 0.295 e. The highest BCUT2D eigenvalue weighted by Crippen LogP contribution is 2.43. The van der Waals surface area contributed by atoms with Crippen molar-refractivity contribution in [3.05, 3.63) is 63.7 Å². The second-order valence-corrected chi connectivity index (χ2v) is 10.3. The van der Waals surface area contributed by atoms with Gasteiger partial charge < -0.3 is 24.4 Å². The van der Waals surface area contributed by atoms with Crippen molar-refractivity contribution in [2.24, 2.45) is 0 Å². The number of carbonyl (C=O) groups excluding carboxylic acids is 2. The summed E-state index contributed by atoms with van der Waals surface area (Å²) < 4.78 is 10.7. The first-order chi connectivity index (χ1) is 16.4. The van der Waals surface area contributed by atoms with Gasteiger partial charge in [0, 0.05) is 19.2 Å². The predicted molar refractivity (Wildman–Crippen MR) is 137 cm³/mol. The Morgan fingerprint density at radius 2 is 1.66 bits per heavy atom. The largest absolute Gasteiger partial charge is 0.507 e. The van der Waals surface area contributed by atoms with Crippen LogP contribution in [0.5, 0.6) is 11.5 Å². The van der Waals surface area contributed by atoms with Crippen LogP contribution in [0.25, 0.3) is 5.76 Å². The van der Waals surface area contributed by atoms with E-state index in [4.69, 9.17) is 21.1 Å². The van der Waals surface area contributed by atoms with Crippen LogP contribution in [-0.4, -0.2) is 68.0 Å². The number of ether oxygens (including phenoxy) is 2. The number of ketones is 1. The van der Waals surface area contributed by atoms with Gasteiger partial charge in [-0.3, -0.25) is 9.59 Å². The molecule has 1 unspecified atom stereocenters. The van der Waals surface area contributed by atoms with Gasteiger partial charge in [-0.15, -0.1) is 0 Å². The zero-order valence-corrected chi connectivity index (χ0v) is 22.1. The lowest BCUT2D eigenvalue weighted by atomic mass is 9.85. The van der Waals surface area contributed by atoms with Crippen molar-refractivity contribution in [3.63, 3.8) is 0 Å². The molecule has 1 aliphatic heterocycles. The van der Waals surface area contributed by atoms with Gasteiger partial charge in [0.2, 0.25) is 0 Å². The number of hydrogen-bond acceptors (Lipinski definition) is 6. The van der Waals surface area contributed by atoms with Crippen LogP contribution in [0.1, 0.15) is 43.5 Å². The number of aliphatic hydroxyl groups excluding tert-OH is 1. The first kappa shape index (κ1) is 26.6. The molecular weight excluding hydrogens is 468 g/mol. The lowest BCUT2D eigenvalue weighted by Gasteiger charge is -2.27. The van der Waals surface area contributed by atoms with Crippen LogP contribution in [0.3, 0.4) is 0 Å². The average Bonchev–Trinajstić information content (AvgIpc) is 3.06.